The molecule has 0 fully saturated rings. The molecular formula is C13H18N2S. The second-order valence-corrected chi connectivity index (χ2v) is 4.83. The molecule has 0 aliphatic rings. The molecule has 0 aromatic carbocycles. The number of rotatable bonds is 6. The van der Waals surface area contributed by atoms with Gasteiger partial charge in [0.15, 0.2) is 0 Å². The van der Waals surface area contributed by atoms with E-state index in [-0.39, 0.29) is 0 Å². The maximum absolute atomic E-state index is 3.37. The molecule has 0 radical (unpaired) electrons. The summed E-state index contributed by atoms with van der Waals surface area (Å²) in [5, 5.41) is 5.51. The van der Waals surface area contributed by atoms with Gasteiger partial charge in [0.25, 0.3) is 0 Å². The lowest BCUT2D eigenvalue weighted by Gasteiger charge is -2.08. The summed E-state index contributed by atoms with van der Waals surface area (Å²) in [6, 6.07) is 8.64. The Morgan fingerprint density at radius 1 is 1.31 bits per heavy atom. The third-order valence-electron chi connectivity index (χ3n) is 2.66. The number of aromatic nitrogens is 1. The van der Waals surface area contributed by atoms with Crippen LogP contribution in [-0.4, -0.2) is 11.1 Å². The Morgan fingerprint density at radius 3 is 3.00 bits per heavy atom. The summed E-state index contributed by atoms with van der Waals surface area (Å²) >= 11 is 1.84. The zero-order chi connectivity index (χ0) is 11.2. The van der Waals surface area contributed by atoms with Crippen LogP contribution in [0.15, 0.2) is 35.8 Å². The fourth-order valence-corrected chi connectivity index (χ4v) is 2.46. The van der Waals surface area contributed by atoms with E-state index in [4.69, 9.17) is 0 Å². The highest BCUT2D eigenvalue weighted by atomic mass is 32.1. The molecule has 16 heavy (non-hydrogen) atoms. The highest BCUT2D eigenvalue weighted by molar-refractivity contribution is 7.09. The Hall–Kier alpha value is -1.06. The molecule has 0 aliphatic carbocycles. The SMILES string of the molecule is CCNCc1cccn1CCc1cccs1. The van der Waals surface area contributed by atoms with Crippen LogP contribution in [0.1, 0.15) is 17.5 Å². The van der Waals surface area contributed by atoms with Crippen LogP contribution in [0.4, 0.5) is 0 Å². The highest BCUT2D eigenvalue weighted by Crippen LogP contribution is 2.11. The third kappa shape index (κ3) is 2.97. The van der Waals surface area contributed by atoms with E-state index >= 15 is 0 Å². The minimum Gasteiger partial charge on any atom is -0.350 e. The second kappa shape index (κ2) is 5.87. The molecule has 2 aromatic heterocycles. The van der Waals surface area contributed by atoms with Crippen molar-refractivity contribution in [2.75, 3.05) is 6.54 Å². The highest BCUT2D eigenvalue weighted by Gasteiger charge is 2.00. The van der Waals surface area contributed by atoms with Crippen LogP contribution in [0, 0.1) is 0 Å². The van der Waals surface area contributed by atoms with E-state index in [1.165, 1.54) is 10.6 Å². The molecule has 0 atom stereocenters. The third-order valence-corrected chi connectivity index (χ3v) is 3.60. The number of aryl methyl sites for hydroxylation is 2. The first-order chi connectivity index (χ1) is 7.90. The van der Waals surface area contributed by atoms with Crippen molar-refractivity contribution in [2.45, 2.75) is 26.4 Å². The van der Waals surface area contributed by atoms with E-state index in [1.807, 2.05) is 11.3 Å². The maximum atomic E-state index is 3.37. The van der Waals surface area contributed by atoms with Crippen LogP contribution in [0.5, 0.6) is 0 Å². The fourth-order valence-electron chi connectivity index (χ4n) is 1.77. The Kier molecular flexibility index (Phi) is 4.19. The molecule has 2 nitrogen and oxygen atoms in total. The lowest BCUT2D eigenvalue weighted by molar-refractivity contribution is 0.623. The number of thiophene rings is 1. The molecule has 86 valence electrons. The van der Waals surface area contributed by atoms with Crippen molar-refractivity contribution < 1.29 is 0 Å². The van der Waals surface area contributed by atoms with Gasteiger partial charge in [-0.1, -0.05) is 13.0 Å². The summed E-state index contributed by atoms with van der Waals surface area (Å²) < 4.78 is 2.34. The summed E-state index contributed by atoms with van der Waals surface area (Å²) in [5.74, 6) is 0. The lowest BCUT2D eigenvalue weighted by atomic mass is 10.3. The average Bonchev–Trinajstić information content (AvgIpc) is 2.94. The zero-order valence-electron chi connectivity index (χ0n) is 9.65. The standard InChI is InChI=1S/C13H18N2S/c1-2-14-11-12-5-3-8-15(12)9-7-13-6-4-10-16-13/h3-6,8,10,14H,2,7,9,11H2,1H3. The van der Waals surface area contributed by atoms with E-state index in [9.17, 15) is 0 Å². The largest absolute Gasteiger partial charge is 0.350 e. The van der Waals surface area contributed by atoms with Crippen LogP contribution >= 0.6 is 11.3 Å². The Labute approximate surface area is 101 Å². The van der Waals surface area contributed by atoms with Gasteiger partial charge in [-0.3, -0.25) is 0 Å². The van der Waals surface area contributed by atoms with Gasteiger partial charge in [-0.05, 0) is 36.5 Å². The van der Waals surface area contributed by atoms with Crippen LogP contribution < -0.4 is 5.32 Å². The monoisotopic (exact) mass is 234 g/mol. The average molecular weight is 234 g/mol. The van der Waals surface area contributed by atoms with E-state index in [1.54, 1.807) is 0 Å². The van der Waals surface area contributed by atoms with Gasteiger partial charge in [-0.15, -0.1) is 11.3 Å². The minimum atomic E-state index is 0.966. The molecule has 2 rings (SSSR count). The van der Waals surface area contributed by atoms with E-state index in [2.05, 4.69) is 52.7 Å². The van der Waals surface area contributed by atoms with Gasteiger partial charge in [0, 0.05) is 29.9 Å². The van der Waals surface area contributed by atoms with Crippen molar-refractivity contribution in [3.8, 4) is 0 Å². The summed E-state index contributed by atoms with van der Waals surface area (Å²) in [6.07, 6.45) is 3.30. The Bertz CT molecular complexity index is 403. The maximum Gasteiger partial charge on any atom is 0.0359 e. The summed E-state index contributed by atoms with van der Waals surface area (Å²) in [5.41, 5.74) is 1.37. The van der Waals surface area contributed by atoms with Gasteiger partial charge in [0.2, 0.25) is 0 Å². The molecule has 0 unspecified atom stereocenters. The predicted molar refractivity (Wildman–Crippen MR) is 69.8 cm³/mol. The van der Waals surface area contributed by atoms with Crippen molar-refractivity contribution in [1.82, 2.24) is 9.88 Å². The molecule has 0 saturated carbocycles. The van der Waals surface area contributed by atoms with E-state index < -0.39 is 0 Å². The van der Waals surface area contributed by atoms with Crippen molar-refractivity contribution in [2.24, 2.45) is 0 Å². The minimum absolute atomic E-state index is 0.966. The van der Waals surface area contributed by atoms with Crippen LogP contribution in [0.2, 0.25) is 0 Å². The molecule has 0 aliphatic heterocycles. The quantitative estimate of drug-likeness (QED) is 0.813. The number of hydrogen-bond acceptors (Lipinski definition) is 2. The zero-order valence-corrected chi connectivity index (χ0v) is 10.5. The first-order valence-corrected chi connectivity index (χ1v) is 6.65. The van der Waals surface area contributed by atoms with E-state index in [0.29, 0.717) is 0 Å². The van der Waals surface area contributed by atoms with Gasteiger partial charge in [0.05, 0.1) is 0 Å². The smallest absolute Gasteiger partial charge is 0.0359 e. The summed E-state index contributed by atoms with van der Waals surface area (Å²) in [6.45, 7) is 5.21. The summed E-state index contributed by atoms with van der Waals surface area (Å²) in [7, 11) is 0. The molecule has 1 N–H and O–H groups in total. The van der Waals surface area contributed by atoms with Crippen molar-refractivity contribution in [1.29, 1.82) is 0 Å². The molecule has 2 heterocycles. The predicted octanol–water partition coefficient (Wildman–Crippen LogP) is 2.90. The number of hydrogen-bond donors (Lipinski definition) is 1. The number of nitrogens with zero attached hydrogens (tertiary/aromatic N) is 1. The molecule has 0 saturated heterocycles. The first-order valence-electron chi connectivity index (χ1n) is 5.77. The van der Waals surface area contributed by atoms with Crippen molar-refractivity contribution in [3.63, 3.8) is 0 Å². The van der Waals surface area contributed by atoms with E-state index in [0.717, 1.165) is 26.1 Å². The number of nitrogens with one attached hydrogen (secondary N) is 1. The fraction of sp³-hybridized carbons (Fsp3) is 0.385. The van der Waals surface area contributed by atoms with Crippen LogP contribution in [0.25, 0.3) is 0 Å². The topological polar surface area (TPSA) is 17.0 Å². The van der Waals surface area contributed by atoms with Gasteiger partial charge >= 0.3 is 0 Å². The normalized spacial score (nSPS) is 10.8. The van der Waals surface area contributed by atoms with Gasteiger partial charge in [0.1, 0.15) is 0 Å². The summed E-state index contributed by atoms with van der Waals surface area (Å²) in [4.78, 5) is 1.46. The molecule has 2 aromatic rings. The van der Waals surface area contributed by atoms with Gasteiger partial charge in [-0.2, -0.15) is 0 Å². The second-order valence-electron chi connectivity index (χ2n) is 3.80. The lowest BCUT2D eigenvalue weighted by Crippen LogP contribution is -2.15. The molecular weight excluding hydrogens is 216 g/mol. The molecule has 0 amide bonds. The van der Waals surface area contributed by atoms with Gasteiger partial charge < -0.3 is 9.88 Å². The molecule has 3 heteroatoms. The molecule has 0 bridgehead atoms. The van der Waals surface area contributed by atoms with Crippen LogP contribution in [-0.2, 0) is 19.5 Å². The Morgan fingerprint density at radius 2 is 2.25 bits per heavy atom. The first kappa shape index (κ1) is 11.4. The molecule has 0 spiro atoms. The van der Waals surface area contributed by atoms with Crippen molar-refractivity contribution >= 4 is 11.3 Å². The van der Waals surface area contributed by atoms with Gasteiger partial charge in [-0.25, -0.2) is 0 Å². The van der Waals surface area contributed by atoms with Crippen LogP contribution in [0.3, 0.4) is 0 Å². The van der Waals surface area contributed by atoms with Crippen molar-refractivity contribution in [3.05, 3.63) is 46.4 Å². The Balaban J connectivity index is 1.91.